The van der Waals surface area contributed by atoms with E-state index in [0.717, 1.165) is 11.6 Å². The molecule has 0 radical (unpaired) electrons. The van der Waals surface area contributed by atoms with Crippen molar-refractivity contribution < 1.29 is 14.6 Å². The van der Waals surface area contributed by atoms with Gasteiger partial charge in [-0.2, -0.15) is 0 Å². The zero-order valence-electron chi connectivity index (χ0n) is 10.8. The number of esters is 1. The van der Waals surface area contributed by atoms with Crippen molar-refractivity contribution in [2.24, 2.45) is 7.05 Å². The number of halogens is 1. The van der Waals surface area contributed by atoms with Gasteiger partial charge in [0.25, 0.3) is 5.56 Å². The van der Waals surface area contributed by atoms with Gasteiger partial charge in [-0.15, -0.1) is 0 Å². The number of carbonyl (C=O) groups excluding carboxylic acids is 1. The molecule has 1 aromatic heterocycles. The highest BCUT2D eigenvalue weighted by Gasteiger charge is 2.21. The van der Waals surface area contributed by atoms with Crippen molar-refractivity contribution in [1.82, 2.24) is 9.55 Å². The smallest absolute Gasteiger partial charge is 0.360 e. The van der Waals surface area contributed by atoms with E-state index in [1.807, 2.05) is 6.07 Å². The molecule has 0 saturated carbocycles. The minimum Gasteiger partial charge on any atom is -0.501 e. The van der Waals surface area contributed by atoms with Crippen LogP contribution in [0.2, 0.25) is 0 Å². The molecule has 0 atom stereocenters. The molecule has 0 unspecified atom stereocenters. The normalized spacial score (nSPS) is 10.3. The van der Waals surface area contributed by atoms with Crippen molar-refractivity contribution in [3.63, 3.8) is 0 Å². The number of methoxy groups -OCH3 is 1. The number of ether oxygens (including phenoxy) is 1. The van der Waals surface area contributed by atoms with Gasteiger partial charge >= 0.3 is 5.97 Å². The van der Waals surface area contributed by atoms with Crippen LogP contribution in [0, 0.1) is 0 Å². The van der Waals surface area contributed by atoms with Crippen molar-refractivity contribution in [1.29, 1.82) is 0 Å². The van der Waals surface area contributed by atoms with Gasteiger partial charge in [0.1, 0.15) is 5.82 Å². The molecule has 0 aliphatic rings. The second-order valence-corrected chi connectivity index (χ2v) is 4.91. The minimum atomic E-state index is -0.864. The van der Waals surface area contributed by atoms with E-state index in [4.69, 9.17) is 0 Å². The van der Waals surface area contributed by atoms with Gasteiger partial charge in [-0.1, -0.05) is 28.1 Å². The maximum Gasteiger partial charge on any atom is 0.360 e. The lowest BCUT2D eigenvalue weighted by Crippen LogP contribution is -2.23. The Bertz CT molecular complexity index is 740. The highest BCUT2D eigenvalue weighted by atomic mass is 79.9. The fourth-order valence-corrected chi connectivity index (χ4v) is 2.11. The third kappa shape index (κ3) is 2.44. The van der Waals surface area contributed by atoms with E-state index in [2.05, 4.69) is 25.7 Å². The molecule has 1 aromatic carbocycles. The van der Waals surface area contributed by atoms with Gasteiger partial charge in [0.2, 0.25) is 5.75 Å². The summed E-state index contributed by atoms with van der Waals surface area (Å²) in [5.74, 6) is -1.33. The zero-order chi connectivity index (χ0) is 14.9. The molecule has 0 aliphatic carbocycles. The lowest BCUT2D eigenvalue weighted by Gasteiger charge is -2.10. The molecule has 7 heteroatoms. The SMILES string of the molecule is COC(=O)c1nc(-c2cccc(Br)c2)n(C)c(=O)c1O. The predicted molar refractivity (Wildman–Crippen MR) is 75.6 cm³/mol. The van der Waals surface area contributed by atoms with Gasteiger partial charge < -0.3 is 9.84 Å². The average molecular weight is 339 g/mol. The predicted octanol–water partition coefficient (Wildman–Crippen LogP) is 1.70. The summed E-state index contributed by atoms with van der Waals surface area (Å²) in [5, 5.41) is 9.70. The largest absolute Gasteiger partial charge is 0.501 e. The summed E-state index contributed by atoms with van der Waals surface area (Å²) in [4.78, 5) is 27.5. The molecule has 1 N–H and O–H groups in total. The molecule has 0 bridgehead atoms. The van der Waals surface area contributed by atoms with Crippen molar-refractivity contribution in [2.75, 3.05) is 7.11 Å². The maximum atomic E-state index is 11.9. The van der Waals surface area contributed by atoms with Gasteiger partial charge in [0.05, 0.1) is 7.11 Å². The van der Waals surface area contributed by atoms with Crippen LogP contribution in [0.3, 0.4) is 0 Å². The number of aromatic hydroxyl groups is 1. The van der Waals surface area contributed by atoms with Crippen LogP contribution >= 0.6 is 15.9 Å². The van der Waals surface area contributed by atoms with Crippen LogP contribution in [0.5, 0.6) is 5.75 Å². The summed E-state index contributed by atoms with van der Waals surface area (Å²) >= 11 is 3.32. The van der Waals surface area contributed by atoms with Crippen LogP contribution in [0.25, 0.3) is 11.4 Å². The summed E-state index contributed by atoms with van der Waals surface area (Å²) in [6.07, 6.45) is 0. The lowest BCUT2D eigenvalue weighted by atomic mass is 10.2. The molecule has 2 aromatic rings. The molecule has 0 aliphatic heterocycles. The zero-order valence-corrected chi connectivity index (χ0v) is 12.3. The molecule has 0 saturated heterocycles. The highest BCUT2D eigenvalue weighted by Crippen LogP contribution is 2.22. The van der Waals surface area contributed by atoms with E-state index in [1.165, 1.54) is 11.6 Å². The Labute approximate surface area is 122 Å². The van der Waals surface area contributed by atoms with Crippen molar-refractivity contribution in [3.8, 4) is 17.1 Å². The van der Waals surface area contributed by atoms with Gasteiger partial charge in [0.15, 0.2) is 5.69 Å². The summed E-state index contributed by atoms with van der Waals surface area (Å²) in [6, 6.07) is 7.09. The van der Waals surface area contributed by atoms with E-state index >= 15 is 0 Å². The van der Waals surface area contributed by atoms with Crippen LogP contribution in [-0.2, 0) is 11.8 Å². The number of rotatable bonds is 2. The van der Waals surface area contributed by atoms with Crippen molar-refractivity contribution >= 4 is 21.9 Å². The van der Waals surface area contributed by atoms with Crippen LogP contribution in [-0.4, -0.2) is 27.7 Å². The molecular formula is C13H11BrN2O4. The second-order valence-electron chi connectivity index (χ2n) is 4.00. The summed E-state index contributed by atoms with van der Waals surface area (Å²) in [6.45, 7) is 0. The summed E-state index contributed by atoms with van der Waals surface area (Å²) < 4.78 is 6.48. The van der Waals surface area contributed by atoms with E-state index in [-0.39, 0.29) is 5.82 Å². The van der Waals surface area contributed by atoms with Crippen LogP contribution in [0.4, 0.5) is 0 Å². The average Bonchev–Trinajstić information content (AvgIpc) is 2.44. The second kappa shape index (κ2) is 5.46. The first-order valence-corrected chi connectivity index (χ1v) is 6.39. The standard InChI is InChI=1S/C13H11BrN2O4/c1-16-11(7-4-3-5-8(14)6-7)15-9(13(19)20-2)10(17)12(16)18/h3-6,17H,1-2H3. The van der Waals surface area contributed by atoms with Crippen molar-refractivity contribution in [2.45, 2.75) is 0 Å². The molecule has 0 amide bonds. The van der Waals surface area contributed by atoms with Gasteiger partial charge in [-0.05, 0) is 12.1 Å². The van der Waals surface area contributed by atoms with Crippen LogP contribution < -0.4 is 5.56 Å². The fraction of sp³-hybridized carbons (Fsp3) is 0.154. The first kappa shape index (κ1) is 14.3. The molecular weight excluding hydrogens is 328 g/mol. The summed E-state index contributed by atoms with van der Waals surface area (Å²) in [7, 11) is 2.62. The molecule has 104 valence electrons. The van der Waals surface area contributed by atoms with Crippen LogP contribution in [0.1, 0.15) is 10.5 Å². The molecule has 0 fully saturated rings. The Morgan fingerprint density at radius 3 is 2.75 bits per heavy atom. The number of benzene rings is 1. The Hall–Kier alpha value is -2.15. The molecule has 0 spiro atoms. The number of aromatic nitrogens is 2. The van der Waals surface area contributed by atoms with E-state index in [0.29, 0.717) is 5.56 Å². The Morgan fingerprint density at radius 1 is 1.45 bits per heavy atom. The first-order chi connectivity index (χ1) is 9.45. The fourth-order valence-electron chi connectivity index (χ4n) is 1.71. The van der Waals surface area contributed by atoms with E-state index in [1.54, 1.807) is 18.2 Å². The quantitative estimate of drug-likeness (QED) is 0.843. The third-order valence-electron chi connectivity index (χ3n) is 2.73. The third-order valence-corrected chi connectivity index (χ3v) is 3.22. The van der Waals surface area contributed by atoms with Gasteiger partial charge in [-0.3, -0.25) is 9.36 Å². The Morgan fingerprint density at radius 2 is 2.15 bits per heavy atom. The Kier molecular flexibility index (Phi) is 3.89. The van der Waals surface area contributed by atoms with Gasteiger partial charge in [0, 0.05) is 17.1 Å². The number of hydrogen-bond donors (Lipinski definition) is 1. The molecule has 6 nitrogen and oxygen atoms in total. The van der Waals surface area contributed by atoms with Crippen LogP contribution in [0.15, 0.2) is 33.5 Å². The van der Waals surface area contributed by atoms with Crippen molar-refractivity contribution in [3.05, 3.63) is 44.8 Å². The number of hydrogen-bond acceptors (Lipinski definition) is 5. The molecule has 1 heterocycles. The minimum absolute atomic E-state index is 0.259. The monoisotopic (exact) mass is 338 g/mol. The van der Waals surface area contributed by atoms with E-state index in [9.17, 15) is 14.7 Å². The highest BCUT2D eigenvalue weighted by molar-refractivity contribution is 9.10. The molecule has 2 rings (SSSR count). The maximum absolute atomic E-state index is 11.9. The summed E-state index contributed by atoms with van der Waals surface area (Å²) in [5.41, 5.74) is -0.481. The molecule has 20 heavy (non-hydrogen) atoms. The van der Waals surface area contributed by atoms with Gasteiger partial charge in [-0.25, -0.2) is 9.78 Å². The topological polar surface area (TPSA) is 81.4 Å². The first-order valence-electron chi connectivity index (χ1n) is 5.60. The number of carbonyl (C=O) groups is 1. The number of nitrogens with zero attached hydrogens (tertiary/aromatic N) is 2. The lowest BCUT2D eigenvalue weighted by molar-refractivity contribution is 0.0589. The van der Waals surface area contributed by atoms with E-state index < -0.39 is 23.0 Å². The Balaban J connectivity index is 2.74.